The van der Waals surface area contributed by atoms with Crippen LogP contribution in [-0.4, -0.2) is 29.9 Å². The second kappa shape index (κ2) is 10.2. The summed E-state index contributed by atoms with van der Waals surface area (Å²) in [5.74, 6) is -0.0469. The largest absolute Gasteiger partial charge is 1.00 e. The minimum atomic E-state index is -2.00. The maximum Gasteiger partial charge on any atom is 0.282 e. The smallest absolute Gasteiger partial charge is 0.282 e. The number of halogens is 1. The monoisotopic (exact) mass is 466 g/mol. The molecule has 0 saturated heterocycles. The van der Waals surface area contributed by atoms with Crippen LogP contribution in [0.15, 0.2) is 96.4 Å². The molecule has 31 heavy (non-hydrogen) atoms. The van der Waals surface area contributed by atoms with Gasteiger partial charge >= 0.3 is 0 Å². The molecule has 0 unspecified atom stereocenters. The molecule has 0 radical (unpaired) electrons. The first-order valence-electron chi connectivity index (χ1n) is 9.82. The van der Waals surface area contributed by atoms with Crippen molar-refractivity contribution in [3.63, 3.8) is 0 Å². The highest BCUT2D eigenvalue weighted by Crippen LogP contribution is 2.58. The van der Waals surface area contributed by atoms with E-state index in [4.69, 9.17) is 4.98 Å². The molecule has 6 heteroatoms. The molecule has 0 atom stereocenters. The van der Waals surface area contributed by atoms with E-state index in [0.717, 1.165) is 11.9 Å². The summed E-state index contributed by atoms with van der Waals surface area (Å²) in [4.78, 5) is 18.7. The number of benzene rings is 3. The molecule has 0 N–H and O–H groups in total. The van der Waals surface area contributed by atoms with E-state index < -0.39 is 7.26 Å². The second-order valence-corrected chi connectivity index (χ2v) is 11.7. The molecule has 158 valence electrons. The van der Waals surface area contributed by atoms with Crippen LogP contribution < -0.4 is 28.3 Å². The Labute approximate surface area is 194 Å². The van der Waals surface area contributed by atoms with Crippen LogP contribution in [0.2, 0.25) is 0 Å². The predicted octanol–water partition coefficient (Wildman–Crippen LogP) is 1.34. The number of thiazole rings is 1. The van der Waals surface area contributed by atoms with Gasteiger partial charge < -0.3 is 17.3 Å². The van der Waals surface area contributed by atoms with Crippen LogP contribution >= 0.6 is 18.6 Å². The average Bonchev–Trinajstić information content (AvgIpc) is 3.27. The van der Waals surface area contributed by atoms with Gasteiger partial charge in [-0.15, -0.1) is 11.3 Å². The van der Waals surface area contributed by atoms with Crippen LogP contribution in [-0.2, 0) is 6.16 Å². The molecule has 0 aliphatic carbocycles. The van der Waals surface area contributed by atoms with Gasteiger partial charge in [-0.3, -0.25) is 4.79 Å². The summed E-state index contributed by atoms with van der Waals surface area (Å²) in [7, 11) is 1.53. The lowest BCUT2D eigenvalue weighted by molar-refractivity contribution is -0.0000145. The van der Waals surface area contributed by atoms with Crippen LogP contribution in [0.4, 0.5) is 0 Å². The second-order valence-electron chi connectivity index (χ2n) is 7.32. The van der Waals surface area contributed by atoms with Gasteiger partial charge in [0.25, 0.3) is 5.91 Å². The molecular formula is C25H24ClN2OPS. The van der Waals surface area contributed by atoms with Gasteiger partial charge in [-0.2, -0.15) is 0 Å². The van der Waals surface area contributed by atoms with Gasteiger partial charge in [0.1, 0.15) is 29.3 Å². The first-order valence-corrected chi connectivity index (χ1v) is 12.7. The molecule has 0 aliphatic rings. The molecule has 4 rings (SSSR count). The summed E-state index contributed by atoms with van der Waals surface area (Å²) < 4.78 is 0. The Morgan fingerprint density at radius 1 is 0.806 bits per heavy atom. The van der Waals surface area contributed by atoms with Crippen LogP contribution in [0, 0.1) is 0 Å². The van der Waals surface area contributed by atoms with Crippen molar-refractivity contribution in [2.45, 2.75) is 6.16 Å². The van der Waals surface area contributed by atoms with Crippen molar-refractivity contribution in [1.29, 1.82) is 0 Å². The van der Waals surface area contributed by atoms with E-state index in [0.29, 0.717) is 5.01 Å². The van der Waals surface area contributed by atoms with Crippen LogP contribution in [0.5, 0.6) is 0 Å². The van der Waals surface area contributed by atoms with Gasteiger partial charge in [-0.25, -0.2) is 4.98 Å². The SMILES string of the molecule is CN(C)C(=O)c1nc(C[P+](c2ccccc2)(c2ccccc2)c2ccccc2)cs1.[Cl-]. The van der Waals surface area contributed by atoms with Crippen molar-refractivity contribution >= 4 is 40.4 Å². The molecule has 0 fully saturated rings. The molecule has 0 aliphatic heterocycles. The van der Waals surface area contributed by atoms with Gasteiger partial charge in [-0.1, -0.05) is 54.6 Å². The van der Waals surface area contributed by atoms with Crippen molar-refractivity contribution in [3.05, 3.63) is 107 Å². The number of rotatable bonds is 6. The highest BCUT2D eigenvalue weighted by molar-refractivity contribution is 7.95. The first kappa shape index (κ1) is 23.1. The number of amides is 1. The minimum absolute atomic E-state index is 0. The van der Waals surface area contributed by atoms with Gasteiger partial charge in [0.15, 0.2) is 5.01 Å². The van der Waals surface area contributed by atoms with Crippen molar-refractivity contribution < 1.29 is 17.2 Å². The van der Waals surface area contributed by atoms with Gasteiger partial charge in [-0.05, 0) is 36.4 Å². The zero-order chi connectivity index (χ0) is 21.0. The van der Waals surface area contributed by atoms with Crippen molar-refractivity contribution in [3.8, 4) is 0 Å². The third kappa shape index (κ3) is 4.72. The Morgan fingerprint density at radius 3 is 1.61 bits per heavy atom. The molecule has 3 nitrogen and oxygen atoms in total. The zero-order valence-electron chi connectivity index (χ0n) is 17.5. The van der Waals surface area contributed by atoms with Gasteiger partial charge in [0, 0.05) is 19.5 Å². The molecule has 3 aromatic carbocycles. The predicted molar refractivity (Wildman–Crippen MR) is 129 cm³/mol. The molecule has 4 aromatic rings. The number of carbonyl (C=O) groups excluding carboxylic acids is 1. The summed E-state index contributed by atoms with van der Waals surface area (Å²) in [6.45, 7) is 0. The Balaban J connectivity index is 0.00000272. The van der Waals surface area contributed by atoms with Crippen LogP contribution in [0.1, 0.15) is 15.5 Å². The highest BCUT2D eigenvalue weighted by atomic mass is 35.5. The zero-order valence-corrected chi connectivity index (χ0v) is 19.9. The van der Waals surface area contributed by atoms with E-state index in [1.807, 2.05) is 5.38 Å². The van der Waals surface area contributed by atoms with E-state index in [1.54, 1.807) is 19.0 Å². The summed E-state index contributed by atoms with van der Waals surface area (Å²) in [5.41, 5.74) is 0.968. The van der Waals surface area contributed by atoms with E-state index in [2.05, 4.69) is 91.0 Å². The molecule has 1 amide bonds. The summed E-state index contributed by atoms with van der Waals surface area (Å²) in [5, 5.41) is 6.53. The normalized spacial score (nSPS) is 10.9. The number of carbonyl (C=O) groups is 1. The maximum absolute atomic E-state index is 12.4. The molecular weight excluding hydrogens is 443 g/mol. The third-order valence-corrected chi connectivity index (χ3v) is 10.3. The Morgan fingerprint density at radius 2 is 1.23 bits per heavy atom. The third-order valence-electron chi connectivity index (χ3n) is 5.13. The lowest BCUT2D eigenvalue weighted by Gasteiger charge is -2.27. The minimum Gasteiger partial charge on any atom is -1.00 e. The van der Waals surface area contributed by atoms with E-state index in [1.165, 1.54) is 27.3 Å². The van der Waals surface area contributed by atoms with Crippen molar-refractivity contribution in [2.75, 3.05) is 14.1 Å². The molecule has 0 saturated carbocycles. The lowest BCUT2D eigenvalue weighted by atomic mass is 10.4. The van der Waals surface area contributed by atoms with Crippen molar-refractivity contribution in [2.24, 2.45) is 0 Å². The van der Waals surface area contributed by atoms with E-state index in [-0.39, 0.29) is 18.3 Å². The lowest BCUT2D eigenvalue weighted by Crippen LogP contribution is -3.00. The standard InChI is InChI=1S/C25H24N2OPS.ClH/c1-27(2)25(28)24-26-20(19-30-24)18-29(21-12-6-3-7-13-21,22-14-8-4-9-15-22)23-16-10-5-11-17-23;/h3-17,19H,18H2,1-2H3;1H/q+1;/p-1. The van der Waals surface area contributed by atoms with Crippen LogP contribution in [0.25, 0.3) is 0 Å². The molecule has 0 spiro atoms. The molecule has 0 bridgehead atoms. The average molecular weight is 467 g/mol. The fourth-order valence-corrected chi connectivity index (χ4v) is 8.77. The summed E-state index contributed by atoms with van der Waals surface area (Å²) in [6.07, 6.45) is 0.780. The Bertz CT molecular complexity index is 1020. The number of hydrogen-bond donors (Lipinski definition) is 0. The summed E-state index contributed by atoms with van der Waals surface area (Å²) in [6, 6.07) is 32.2. The van der Waals surface area contributed by atoms with Crippen LogP contribution in [0.3, 0.4) is 0 Å². The van der Waals surface area contributed by atoms with E-state index in [9.17, 15) is 4.79 Å². The fraction of sp³-hybridized carbons (Fsp3) is 0.120. The van der Waals surface area contributed by atoms with Gasteiger partial charge in [0.2, 0.25) is 0 Å². The number of aromatic nitrogens is 1. The first-order chi connectivity index (χ1) is 14.6. The topological polar surface area (TPSA) is 33.2 Å². The maximum atomic E-state index is 12.4. The molecule has 1 heterocycles. The number of nitrogens with zero attached hydrogens (tertiary/aromatic N) is 2. The van der Waals surface area contributed by atoms with Crippen molar-refractivity contribution in [1.82, 2.24) is 9.88 Å². The fourth-order valence-electron chi connectivity index (χ4n) is 3.68. The van der Waals surface area contributed by atoms with Gasteiger partial charge in [0.05, 0.1) is 5.69 Å². The highest BCUT2D eigenvalue weighted by Gasteiger charge is 2.46. The molecule has 1 aromatic heterocycles. The Hall–Kier alpha value is -2.52. The quantitative estimate of drug-likeness (QED) is 0.402. The number of hydrogen-bond acceptors (Lipinski definition) is 3. The Kier molecular flexibility index (Phi) is 7.61. The summed E-state index contributed by atoms with van der Waals surface area (Å²) >= 11 is 1.43. The van der Waals surface area contributed by atoms with E-state index >= 15 is 0 Å².